The van der Waals surface area contributed by atoms with E-state index in [1.807, 2.05) is 36.9 Å². The zero-order valence-corrected chi connectivity index (χ0v) is 24.5. The molecule has 3 N–H and O–H groups in total. The molecule has 0 saturated carbocycles. The lowest BCUT2D eigenvalue weighted by atomic mass is 9.87. The van der Waals surface area contributed by atoms with Gasteiger partial charge in [-0.15, -0.1) is 0 Å². The Labute approximate surface area is 261 Å². The summed E-state index contributed by atoms with van der Waals surface area (Å²) in [5, 5.41) is 21.4. The number of likely N-dealkylation sites (N-methyl/N-ethyl adjacent to an activating group) is 1. The number of carboxylic acids is 3. The fourth-order valence-corrected chi connectivity index (χ4v) is 4.23. The topological polar surface area (TPSA) is 153 Å². The van der Waals surface area contributed by atoms with Crippen molar-refractivity contribution in [3.8, 4) is 0 Å². The van der Waals surface area contributed by atoms with E-state index >= 15 is 0 Å². The number of pyridine rings is 2. The van der Waals surface area contributed by atoms with Crippen LogP contribution in [-0.2, 0) is 32.2 Å². The number of aliphatic carboxylic acids is 3. The molecule has 4 rings (SSSR count). The molecule has 1 atom stereocenters. The number of hydrogen-bond acceptors (Lipinski definition) is 8. The molecule has 0 radical (unpaired) electrons. The van der Waals surface area contributed by atoms with Crippen LogP contribution in [0.1, 0.15) is 30.4 Å². The lowest BCUT2D eigenvalue weighted by Gasteiger charge is -2.39. The largest absolute Gasteiger partial charge is 0.490 e. The van der Waals surface area contributed by atoms with E-state index in [1.54, 1.807) is 0 Å². The molecule has 2 aromatic rings. The van der Waals surface area contributed by atoms with Gasteiger partial charge in [0, 0.05) is 57.0 Å². The van der Waals surface area contributed by atoms with Gasteiger partial charge in [0.15, 0.2) is 0 Å². The first-order valence-corrected chi connectivity index (χ1v) is 13.3. The molecule has 0 amide bonds. The van der Waals surface area contributed by atoms with Gasteiger partial charge in [-0.25, -0.2) is 14.4 Å². The third kappa shape index (κ3) is 15.9. The molecule has 2 aliphatic heterocycles. The Morgan fingerprint density at radius 2 is 1.23 bits per heavy atom. The Balaban J connectivity index is 0.000000430. The summed E-state index contributed by atoms with van der Waals surface area (Å²) in [6, 6.07) is 8.83. The van der Waals surface area contributed by atoms with Crippen LogP contribution in [0.3, 0.4) is 0 Å². The molecular weight excluding hydrogens is 663 g/mol. The van der Waals surface area contributed by atoms with Crippen LogP contribution in [0.2, 0.25) is 0 Å². The van der Waals surface area contributed by atoms with Gasteiger partial charge in [-0.1, -0.05) is 12.1 Å². The van der Waals surface area contributed by atoms with Crippen molar-refractivity contribution in [2.45, 2.75) is 62.5 Å². The Kier molecular flexibility index (Phi) is 15.5. The first kappa shape index (κ1) is 41.0. The van der Waals surface area contributed by atoms with Crippen molar-refractivity contribution in [2.75, 3.05) is 26.7 Å². The Morgan fingerprint density at radius 1 is 0.830 bits per heavy atom. The third-order valence-corrected chi connectivity index (χ3v) is 6.59. The molecule has 2 saturated heterocycles. The zero-order valence-electron chi connectivity index (χ0n) is 24.5. The number of rotatable bonds is 5. The molecule has 0 aromatic carbocycles. The highest BCUT2D eigenvalue weighted by atomic mass is 19.4. The van der Waals surface area contributed by atoms with Crippen molar-refractivity contribution in [3.63, 3.8) is 0 Å². The first-order valence-electron chi connectivity index (χ1n) is 13.3. The van der Waals surface area contributed by atoms with E-state index in [0.717, 1.165) is 52.0 Å². The maximum Gasteiger partial charge on any atom is 0.490 e. The number of piperidine rings is 1. The first-order chi connectivity index (χ1) is 21.6. The molecule has 2 aliphatic rings. The molecule has 1 unspecified atom stereocenters. The van der Waals surface area contributed by atoms with Crippen molar-refractivity contribution in [3.05, 3.63) is 60.2 Å². The summed E-state index contributed by atoms with van der Waals surface area (Å²) in [5.74, 6) is -8.27. The van der Waals surface area contributed by atoms with Gasteiger partial charge in [0.05, 0.1) is 12.2 Å². The summed E-state index contributed by atoms with van der Waals surface area (Å²) in [6.07, 6.45) is -4.25. The van der Waals surface area contributed by atoms with E-state index in [-0.39, 0.29) is 5.60 Å². The predicted octanol–water partition coefficient (Wildman–Crippen LogP) is 4.63. The number of hydrogen-bond donors (Lipinski definition) is 3. The number of alkyl halides is 9. The maximum atomic E-state index is 10.6. The van der Waals surface area contributed by atoms with Gasteiger partial charge in [0.2, 0.25) is 0 Å². The number of carbonyl (C=O) groups is 3. The minimum absolute atomic E-state index is 0.0826. The highest BCUT2D eigenvalue weighted by Crippen LogP contribution is 2.38. The minimum atomic E-state index is -5.08. The standard InChI is InChI=1S/C21H28N4O.3C2HF3O2/c1-24(15-18-4-2-8-22-13-18)20-12-21(26-17-20)6-10-25(11-7-21)16-19-5-3-9-23-14-19;3*3-2(4,5)1(6)7/h2-5,8-9,13-14,20H,6-7,10-12,15-17H2,1H3;3*(H,6,7). The highest BCUT2D eigenvalue weighted by molar-refractivity contribution is 5.73. The van der Waals surface area contributed by atoms with Crippen LogP contribution in [0.4, 0.5) is 39.5 Å². The molecule has 2 aromatic heterocycles. The second kappa shape index (κ2) is 17.8. The summed E-state index contributed by atoms with van der Waals surface area (Å²) < 4.78 is 102. The zero-order chi connectivity index (χ0) is 36.1. The second-order valence-electron chi connectivity index (χ2n) is 10.2. The van der Waals surface area contributed by atoms with Crippen molar-refractivity contribution in [1.29, 1.82) is 0 Å². The SMILES string of the molecule is CN(Cc1cccnc1)C1COC2(CCN(Cc3cccnc3)CC2)C1.O=C(O)C(F)(F)F.O=C(O)C(F)(F)F.O=C(O)C(F)(F)F. The maximum absolute atomic E-state index is 10.6. The third-order valence-electron chi connectivity index (χ3n) is 6.59. The van der Waals surface area contributed by atoms with Crippen LogP contribution in [-0.4, -0.2) is 110 Å². The van der Waals surface area contributed by atoms with E-state index in [4.69, 9.17) is 34.4 Å². The van der Waals surface area contributed by atoms with Crippen molar-refractivity contribution < 1.29 is 74.0 Å². The fourth-order valence-electron chi connectivity index (χ4n) is 4.23. The molecule has 2 fully saturated rings. The van der Waals surface area contributed by atoms with Gasteiger partial charge in [0.25, 0.3) is 0 Å². The molecule has 47 heavy (non-hydrogen) atoms. The summed E-state index contributed by atoms with van der Waals surface area (Å²) in [7, 11) is 2.21. The quantitative estimate of drug-likeness (QED) is 0.376. The monoisotopic (exact) mass is 694 g/mol. The van der Waals surface area contributed by atoms with E-state index in [2.05, 4.69) is 38.9 Å². The Morgan fingerprint density at radius 3 is 1.60 bits per heavy atom. The van der Waals surface area contributed by atoms with Crippen molar-refractivity contribution in [1.82, 2.24) is 19.8 Å². The molecular formula is C27H31F9N4O7. The second-order valence-corrected chi connectivity index (χ2v) is 10.2. The minimum Gasteiger partial charge on any atom is -0.475 e. The summed E-state index contributed by atoms with van der Waals surface area (Å²) >= 11 is 0. The molecule has 1 spiro atoms. The number of aromatic nitrogens is 2. The van der Waals surface area contributed by atoms with E-state index < -0.39 is 36.4 Å². The fraction of sp³-hybridized carbons (Fsp3) is 0.519. The molecule has 0 aliphatic carbocycles. The van der Waals surface area contributed by atoms with Crippen LogP contribution in [0, 0.1) is 0 Å². The van der Waals surface area contributed by atoms with Gasteiger partial charge in [-0.05, 0) is 49.6 Å². The number of carboxylic acid groups (broad SMARTS) is 3. The summed E-state index contributed by atoms with van der Waals surface area (Å²) in [5.41, 5.74) is 2.64. The van der Waals surface area contributed by atoms with Gasteiger partial charge in [-0.2, -0.15) is 39.5 Å². The normalized spacial score (nSPS) is 17.7. The van der Waals surface area contributed by atoms with Crippen molar-refractivity contribution in [2.24, 2.45) is 0 Å². The lowest BCUT2D eigenvalue weighted by Crippen LogP contribution is -2.44. The average molecular weight is 695 g/mol. The van der Waals surface area contributed by atoms with Gasteiger partial charge < -0.3 is 20.1 Å². The molecule has 4 heterocycles. The predicted molar refractivity (Wildman–Crippen MR) is 143 cm³/mol. The van der Waals surface area contributed by atoms with E-state index in [1.165, 1.54) is 11.1 Å². The van der Waals surface area contributed by atoms with Crippen LogP contribution in [0.25, 0.3) is 0 Å². The Hall–Kier alpha value is -4.04. The number of halogens is 9. The van der Waals surface area contributed by atoms with Crippen LogP contribution in [0.15, 0.2) is 49.1 Å². The van der Waals surface area contributed by atoms with Crippen molar-refractivity contribution >= 4 is 17.9 Å². The number of ether oxygens (including phenoxy) is 1. The van der Waals surface area contributed by atoms with E-state index in [9.17, 15) is 39.5 Å². The van der Waals surface area contributed by atoms with Gasteiger partial charge in [-0.3, -0.25) is 19.8 Å². The Bertz CT molecular complexity index is 1200. The highest BCUT2D eigenvalue weighted by Gasteiger charge is 2.44. The molecule has 20 heteroatoms. The van der Waals surface area contributed by atoms with Gasteiger partial charge in [0.1, 0.15) is 0 Å². The molecule has 0 bridgehead atoms. The van der Waals surface area contributed by atoms with Gasteiger partial charge >= 0.3 is 36.4 Å². The molecule has 11 nitrogen and oxygen atoms in total. The van der Waals surface area contributed by atoms with Crippen LogP contribution >= 0.6 is 0 Å². The number of nitrogens with zero attached hydrogens (tertiary/aromatic N) is 4. The van der Waals surface area contributed by atoms with Crippen LogP contribution in [0.5, 0.6) is 0 Å². The smallest absolute Gasteiger partial charge is 0.475 e. The van der Waals surface area contributed by atoms with Crippen LogP contribution < -0.4 is 0 Å². The average Bonchev–Trinajstić information content (AvgIpc) is 3.39. The summed E-state index contributed by atoms with van der Waals surface area (Å²) in [4.78, 5) is 40.1. The lowest BCUT2D eigenvalue weighted by molar-refractivity contribution is -0.193. The summed E-state index contributed by atoms with van der Waals surface area (Å²) in [6.45, 7) is 4.99. The number of likely N-dealkylation sites (tertiary alicyclic amines) is 1. The molecule has 264 valence electrons. The van der Waals surface area contributed by atoms with E-state index in [0.29, 0.717) is 6.04 Å².